The van der Waals surface area contributed by atoms with Crippen LogP contribution in [0.2, 0.25) is 0 Å². The molecule has 5 aromatic rings. The first kappa shape index (κ1) is 43.8. The van der Waals surface area contributed by atoms with E-state index in [2.05, 4.69) is 5.32 Å². The predicted molar refractivity (Wildman–Crippen MR) is 228 cm³/mol. The SMILES string of the molecule is CO[C@H]1O[C@H](CO[C@@H]2O[C@@H]3COC(c4ccccc4)O[C@H]3[C@H](OCc3ccccc3)[C@H]2NC(C)=O)[C@@H](OCc2ccccc2)[C@H](OCc2ccccc2)[C@H]1OCc1ccccc1. The number of benzene rings is 5. The summed E-state index contributed by atoms with van der Waals surface area (Å²) in [7, 11) is 1.58. The zero-order valence-electron chi connectivity index (χ0n) is 35.0. The van der Waals surface area contributed by atoms with Crippen molar-refractivity contribution in [1.82, 2.24) is 5.32 Å². The van der Waals surface area contributed by atoms with Gasteiger partial charge < -0.3 is 52.7 Å². The standard InChI is InChI=1S/C50H55NO11/c1-34(52)51-42-45(55-29-36-20-10-4-11-21-36)44-41(33-58-48(62-44)39-26-16-7-17-27-39)60-49(42)59-32-40-43(54-28-35-18-8-3-9-19-35)46(56-30-37-22-12-5-13-23-37)47(50(53-2)61-40)57-31-38-24-14-6-15-25-38/h3-27,40-50H,28-33H2,1-2H3,(H,51,52)/t40-,41-,42-,43-,44-,45-,46+,47-,48?,49-,50+/m1/s1. The number of carbonyl (C=O) groups excluding carboxylic acids is 1. The lowest BCUT2D eigenvalue weighted by atomic mass is 9.94. The number of rotatable bonds is 18. The monoisotopic (exact) mass is 845 g/mol. The van der Waals surface area contributed by atoms with Gasteiger partial charge in [0, 0.05) is 19.6 Å². The van der Waals surface area contributed by atoms with Gasteiger partial charge in [0.05, 0.1) is 39.6 Å². The van der Waals surface area contributed by atoms with Crippen LogP contribution in [0.5, 0.6) is 0 Å². The van der Waals surface area contributed by atoms with Crippen LogP contribution in [-0.4, -0.2) is 87.6 Å². The number of methoxy groups -OCH3 is 1. The second-order valence-electron chi connectivity index (χ2n) is 15.6. The number of hydrogen-bond acceptors (Lipinski definition) is 11. The molecule has 326 valence electrons. The van der Waals surface area contributed by atoms with Crippen molar-refractivity contribution in [3.63, 3.8) is 0 Å². The molecule has 12 nitrogen and oxygen atoms in total. The van der Waals surface area contributed by atoms with Crippen LogP contribution >= 0.6 is 0 Å². The summed E-state index contributed by atoms with van der Waals surface area (Å²) in [4.78, 5) is 13.0. The van der Waals surface area contributed by atoms with Crippen LogP contribution in [0.15, 0.2) is 152 Å². The zero-order valence-corrected chi connectivity index (χ0v) is 35.0. The largest absolute Gasteiger partial charge is 0.368 e. The fraction of sp³-hybridized carbons (Fsp3) is 0.380. The molecule has 1 N–H and O–H groups in total. The predicted octanol–water partition coefficient (Wildman–Crippen LogP) is 7.06. The maximum atomic E-state index is 13.0. The van der Waals surface area contributed by atoms with Crippen LogP contribution in [0.4, 0.5) is 0 Å². The Kier molecular flexibility index (Phi) is 15.5. The summed E-state index contributed by atoms with van der Waals surface area (Å²) in [6, 6.07) is 48.6. The van der Waals surface area contributed by atoms with E-state index in [1.807, 2.05) is 152 Å². The Labute approximate surface area is 363 Å². The van der Waals surface area contributed by atoms with Gasteiger partial charge in [0.25, 0.3) is 0 Å². The van der Waals surface area contributed by atoms with Crippen LogP contribution in [0.25, 0.3) is 0 Å². The van der Waals surface area contributed by atoms with Gasteiger partial charge in [-0.2, -0.15) is 0 Å². The molecule has 5 aromatic carbocycles. The fourth-order valence-electron chi connectivity index (χ4n) is 8.11. The van der Waals surface area contributed by atoms with E-state index in [0.29, 0.717) is 6.61 Å². The van der Waals surface area contributed by atoms with Gasteiger partial charge in [-0.25, -0.2) is 0 Å². The molecule has 12 heteroatoms. The molecule has 3 saturated heterocycles. The van der Waals surface area contributed by atoms with Gasteiger partial charge in [-0.15, -0.1) is 0 Å². The molecule has 0 aromatic heterocycles. The Balaban J connectivity index is 1.08. The van der Waals surface area contributed by atoms with Gasteiger partial charge >= 0.3 is 0 Å². The summed E-state index contributed by atoms with van der Waals surface area (Å²) >= 11 is 0. The Morgan fingerprint density at radius 1 is 0.548 bits per heavy atom. The highest BCUT2D eigenvalue weighted by atomic mass is 16.8. The number of ether oxygens (including phenoxy) is 10. The highest BCUT2D eigenvalue weighted by Crippen LogP contribution is 2.37. The lowest BCUT2D eigenvalue weighted by Crippen LogP contribution is -2.68. The second kappa shape index (κ2) is 22.0. The number of nitrogens with one attached hydrogen (secondary N) is 1. The van der Waals surface area contributed by atoms with Gasteiger partial charge in [-0.1, -0.05) is 152 Å². The molecule has 62 heavy (non-hydrogen) atoms. The molecule has 11 atom stereocenters. The fourth-order valence-corrected chi connectivity index (χ4v) is 8.11. The maximum Gasteiger partial charge on any atom is 0.217 e. The maximum absolute atomic E-state index is 13.0. The molecule has 3 aliphatic heterocycles. The minimum Gasteiger partial charge on any atom is -0.368 e. The molecule has 0 saturated carbocycles. The van der Waals surface area contributed by atoms with Crippen molar-refractivity contribution in [2.75, 3.05) is 20.3 Å². The number of fused-ring (bicyclic) bond motifs is 1. The van der Waals surface area contributed by atoms with Crippen molar-refractivity contribution < 1.29 is 52.2 Å². The second-order valence-corrected chi connectivity index (χ2v) is 15.6. The molecule has 3 fully saturated rings. The zero-order chi connectivity index (χ0) is 42.5. The van der Waals surface area contributed by atoms with Crippen molar-refractivity contribution >= 4 is 5.91 Å². The van der Waals surface area contributed by atoms with E-state index >= 15 is 0 Å². The highest BCUT2D eigenvalue weighted by Gasteiger charge is 2.53. The first-order valence-electron chi connectivity index (χ1n) is 21.2. The summed E-state index contributed by atoms with van der Waals surface area (Å²) in [5.41, 5.74) is 4.78. The van der Waals surface area contributed by atoms with E-state index in [4.69, 9.17) is 47.4 Å². The molecule has 1 amide bonds. The lowest BCUT2D eigenvalue weighted by Gasteiger charge is -2.50. The molecule has 0 radical (unpaired) electrons. The molecule has 1 unspecified atom stereocenters. The van der Waals surface area contributed by atoms with Crippen LogP contribution in [0.1, 0.15) is 41.0 Å². The molecule has 8 rings (SSSR count). The van der Waals surface area contributed by atoms with Gasteiger partial charge in [-0.3, -0.25) is 4.79 Å². The van der Waals surface area contributed by atoms with Crippen molar-refractivity contribution in [3.05, 3.63) is 179 Å². The van der Waals surface area contributed by atoms with Crippen molar-refractivity contribution in [2.24, 2.45) is 0 Å². The van der Waals surface area contributed by atoms with Crippen molar-refractivity contribution in [1.29, 1.82) is 0 Å². The minimum atomic E-state index is -1.00. The molecular weight excluding hydrogens is 791 g/mol. The van der Waals surface area contributed by atoms with Crippen LogP contribution in [-0.2, 0) is 78.6 Å². The number of carbonyl (C=O) groups is 1. The summed E-state index contributed by atoms with van der Waals surface area (Å²) in [6.45, 7) is 2.74. The Hall–Kier alpha value is -4.83. The van der Waals surface area contributed by atoms with E-state index in [-0.39, 0.29) is 38.9 Å². The van der Waals surface area contributed by atoms with E-state index in [9.17, 15) is 4.79 Å². The summed E-state index contributed by atoms with van der Waals surface area (Å²) < 4.78 is 65.9. The van der Waals surface area contributed by atoms with Crippen LogP contribution in [0.3, 0.4) is 0 Å². The van der Waals surface area contributed by atoms with E-state index < -0.39 is 67.6 Å². The molecule has 0 bridgehead atoms. The number of hydrogen-bond donors (Lipinski definition) is 1. The smallest absolute Gasteiger partial charge is 0.217 e. The normalized spacial score (nSPS) is 28.5. The quantitative estimate of drug-likeness (QED) is 0.0977. The molecule has 3 heterocycles. The van der Waals surface area contributed by atoms with Gasteiger partial charge in [0.2, 0.25) is 5.91 Å². The average Bonchev–Trinajstić information content (AvgIpc) is 3.32. The lowest BCUT2D eigenvalue weighted by molar-refractivity contribution is -0.360. The highest BCUT2D eigenvalue weighted by molar-refractivity contribution is 5.73. The van der Waals surface area contributed by atoms with Gasteiger partial charge in [-0.05, 0) is 22.3 Å². The molecule has 0 spiro atoms. The summed E-state index contributed by atoms with van der Waals surface area (Å²) in [6.07, 6.45) is -7.23. The molecular formula is C50H55NO11. The Morgan fingerprint density at radius 3 is 1.52 bits per heavy atom. The first-order valence-corrected chi connectivity index (χ1v) is 21.2. The summed E-state index contributed by atoms with van der Waals surface area (Å²) in [5.74, 6) is -0.282. The van der Waals surface area contributed by atoms with Gasteiger partial charge in [0.15, 0.2) is 18.9 Å². The molecule has 0 aliphatic carbocycles. The first-order chi connectivity index (χ1) is 30.5. The van der Waals surface area contributed by atoms with Crippen molar-refractivity contribution in [2.45, 2.75) is 101 Å². The molecule has 3 aliphatic rings. The van der Waals surface area contributed by atoms with Gasteiger partial charge in [0.1, 0.15) is 48.8 Å². The van der Waals surface area contributed by atoms with E-state index in [1.54, 1.807) is 7.11 Å². The Bertz CT molecular complexity index is 2070. The minimum absolute atomic E-state index is 0.0339. The van der Waals surface area contributed by atoms with Crippen molar-refractivity contribution in [3.8, 4) is 0 Å². The van der Waals surface area contributed by atoms with Crippen LogP contribution in [0, 0.1) is 0 Å². The van der Waals surface area contributed by atoms with E-state index in [0.717, 1.165) is 27.8 Å². The third-order valence-electron chi connectivity index (χ3n) is 11.2. The average molecular weight is 846 g/mol. The Morgan fingerprint density at radius 2 is 1.02 bits per heavy atom. The number of amides is 1. The van der Waals surface area contributed by atoms with Crippen LogP contribution < -0.4 is 5.32 Å². The van der Waals surface area contributed by atoms with E-state index in [1.165, 1.54) is 6.92 Å². The third kappa shape index (κ3) is 11.4. The third-order valence-corrected chi connectivity index (χ3v) is 11.2. The topological polar surface area (TPSA) is 121 Å². The summed E-state index contributed by atoms with van der Waals surface area (Å²) in [5, 5.41) is 3.08.